The van der Waals surface area contributed by atoms with Gasteiger partial charge < -0.3 is 4.74 Å². The second-order valence-electron chi connectivity index (χ2n) is 6.16. The molecule has 2 heteroatoms. The molecule has 0 aromatic rings. The van der Waals surface area contributed by atoms with E-state index in [4.69, 9.17) is 4.74 Å². The van der Waals surface area contributed by atoms with Crippen LogP contribution in [0.25, 0.3) is 0 Å². The van der Waals surface area contributed by atoms with Gasteiger partial charge in [-0.2, -0.15) is 0 Å². The van der Waals surface area contributed by atoms with E-state index in [0.717, 1.165) is 19.8 Å². The van der Waals surface area contributed by atoms with Crippen molar-refractivity contribution < 1.29 is 4.74 Å². The lowest BCUT2D eigenvalue weighted by Crippen LogP contribution is -2.53. The number of rotatable bonds is 2. The molecule has 1 aliphatic rings. The second kappa shape index (κ2) is 4.19. The van der Waals surface area contributed by atoms with E-state index in [1.807, 2.05) is 0 Å². The molecule has 84 valence electrons. The molecule has 0 unspecified atom stereocenters. The lowest BCUT2D eigenvalue weighted by Gasteiger charge is -2.43. The topological polar surface area (TPSA) is 12.5 Å². The first kappa shape index (κ1) is 12.0. The van der Waals surface area contributed by atoms with Gasteiger partial charge in [0.1, 0.15) is 0 Å². The normalized spacial score (nSPS) is 23.8. The van der Waals surface area contributed by atoms with Crippen LogP contribution in [0.2, 0.25) is 0 Å². The van der Waals surface area contributed by atoms with Crippen LogP contribution in [0.1, 0.15) is 41.0 Å². The number of morpholine rings is 1. The lowest BCUT2D eigenvalue weighted by atomic mass is 9.91. The van der Waals surface area contributed by atoms with E-state index < -0.39 is 0 Å². The summed E-state index contributed by atoms with van der Waals surface area (Å²) in [5.41, 5.74) is 0.665. The zero-order chi connectivity index (χ0) is 10.8. The fraction of sp³-hybridized carbons (Fsp3) is 1.00. The van der Waals surface area contributed by atoms with Crippen LogP contribution in [-0.2, 0) is 4.74 Å². The zero-order valence-electron chi connectivity index (χ0n) is 10.4. The Labute approximate surface area is 88.6 Å². The van der Waals surface area contributed by atoms with Gasteiger partial charge in [0.2, 0.25) is 0 Å². The number of ether oxygens (including phenoxy) is 1. The molecule has 0 saturated carbocycles. The van der Waals surface area contributed by atoms with E-state index in [-0.39, 0.29) is 5.54 Å². The summed E-state index contributed by atoms with van der Waals surface area (Å²) in [6.45, 7) is 15.5. The first-order valence-electron chi connectivity index (χ1n) is 5.64. The molecule has 1 fully saturated rings. The molecule has 0 spiro atoms. The van der Waals surface area contributed by atoms with Gasteiger partial charge in [0.15, 0.2) is 0 Å². The molecule has 0 aliphatic carbocycles. The quantitative estimate of drug-likeness (QED) is 0.677. The number of hydrogen-bond acceptors (Lipinski definition) is 2. The molecule has 0 aromatic carbocycles. The summed E-state index contributed by atoms with van der Waals surface area (Å²) in [6.07, 6.45) is 1.26. The Bertz CT molecular complexity index is 181. The average Bonchev–Trinajstić information content (AvgIpc) is 2.00. The van der Waals surface area contributed by atoms with Crippen LogP contribution in [0.5, 0.6) is 0 Å². The maximum Gasteiger partial charge on any atom is 0.0645 e. The molecule has 0 N–H and O–H groups in total. The van der Waals surface area contributed by atoms with Crippen molar-refractivity contribution in [3.05, 3.63) is 0 Å². The van der Waals surface area contributed by atoms with Crippen molar-refractivity contribution in [1.82, 2.24) is 4.90 Å². The van der Waals surface area contributed by atoms with E-state index in [9.17, 15) is 0 Å². The van der Waals surface area contributed by atoms with Crippen molar-refractivity contribution in [2.24, 2.45) is 5.41 Å². The van der Waals surface area contributed by atoms with Crippen LogP contribution in [-0.4, -0.2) is 36.7 Å². The van der Waals surface area contributed by atoms with Crippen LogP contribution in [0, 0.1) is 5.41 Å². The number of hydrogen-bond donors (Lipinski definition) is 0. The van der Waals surface area contributed by atoms with Crippen molar-refractivity contribution in [3.63, 3.8) is 0 Å². The molecule has 14 heavy (non-hydrogen) atoms. The Kier molecular flexibility index (Phi) is 3.59. The molecule has 0 atom stereocenters. The highest BCUT2D eigenvalue weighted by Crippen LogP contribution is 2.24. The molecule has 1 saturated heterocycles. The standard InChI is InChI=1S/C12H25NO/c1-11(2,3)6-7-13-8-9-14-10-12(13,4)5/h6-10H2,1-5H3. The molecule has 1 aliphatic heterocycles. The van der Waals surface area contributed by atoms with Crippen LogP contribution < -0.4 is 0 Å². The summed E-state index contributed by atoms with van der Waals surface area (Å²) >= 11 is 0. The second-order valence-corrected chi connectivity index (χ2v) is 6.16. The third kappa shape index (κ3) is 3.58. The van der Waals surface area contributed by atoms with E-state index in [0.29, 0.717) is 5.41 Å². The Morgan fingerprint density at radius 1 is 1.29 bits per heavy atom. The summed E-state index contributed by atoms with van der Waals surface area (Å²) in [7, 11) is 0. The van der Waals surface area contributed by atoms with Crippen LogP contribution >= 0.6 is 0 Å². The van der Waals surface area contributed by atoms with E-state index in [1.165, 1.54) is 13.0 Å². The van der Waals surface area contributed by atoms with Gasteiger partial charge in [-0.05, 0) is 32.2 Å². The Morgan fingerprint density at radius 2 is 1.93 bits per heavy atom. The predicted octanol–water partition coefficient (Wildman–Crippen LogP) is 2.53. The first-order valence-corrected chi connectivity index (χ1v) is 5.64. The van der Waals surface area contributed by atoms with Crippen molar-refractivity contribution in [2.75, 3.05) is 26.3 Å². The maximum atomic E-state index is 5.51. The van der Waals surface area contributed by atoms with Gasteiger partial charge in [0.25, 0.3) is 0 Å². The summed E-state index contributed by atoms with van der Waals surface area (Å²) < 4.78 is 5.51. The molecular formula is C12H25NO. The number of nitrogens with zero attached hydrogens (tertiary/aromatic N) is 1. The Balaban J connectivity index is 2.42. The smallest absolute Gasteiger partial charge is 0.0645 e. The summed E-state index contributed by atoms with van der Waals surface area (Å²) in [5.74, 6) is 0. The average molecular weight is 199 g/mol. The van der Waals surface area contributed by atoms with Gasteiger partial charge in [-0.15, -0.1) is 0 Å². The summed E-state index contributed by atoms with van der Waals surface area (Å²) in [6, 6.07) is 0. The summed E-state index contributed by atoms with van der Waals surface area (Å²) in [5, 5.41) is 0. The Hall–Kier alpha value is -0.0800. The third-order valence-corrected chi connectivity index (χ3v) is 2.95. The van der Waals surface area contributed by atoms with Crippen molar-refractivity contribution in [1.29, 1.82) is 0 Å². The van der Waals surface area contributed by atoms with Gasteiger partial charge >= 0.3 is 0 Å². The minimum Gasteiger partial charge on any atom is -0.378 e. The zero-order valence-corrected chi connectivity index (χ0v) is 10.4. The highest BCUT2D eigenvalue weighted by atomic mass is 16.5. The molecule has 0 bridgehead atoms. The monoisotopic (exact) mass is 199 g/mol. The van der Waals surface area contributed by atoms with Gasteiger partial charge in [-0.3, -0.25) is 4.90 Å². The van der Waals surface area contributed by atoms with Gasteiger partial charge in [-0.1, -0.05) is 20.8 Å². The van der Waals surface area contributed by atoms with Crippen LogP contribution in [0.4, 0.5) is 0 Å². The molecule has 1 rings (SSSR count). The van der Waals surface area contributed by atoms with Gasteiger partial charge in [0.05, 0.1) is 13.2 Å². The van der Waals surface area contributed by atoms with Crippen molar-refractivity contribution in [2.45, 2.75) is 46.6 Å². The minimum absolute atomic E-state index is 0.226. The molecule has 2 nitrogen and oxygen atoms in total. The Morgan fingerprint density at radius 3 is 2.43 bits per heavy atom. The fourth-order valence-electron chi connectivity index (χ4n) is 1.78. The predicted molar refractivity (Wildman–Crippen MR) is 60.5 cm³/mol. The molecule has 0 amide bonds. The highest BCUT2D eigenvalue weighted by molar-refractivity contribution is 4.85. The van der Waals surface area contributed by atoms with Crippen LogP contribution in [0.15, 0.2) is 0 Å². The van der Waals surface area contributed by atoms with Crippen LogP contribution in [0.3, 0.4) is 0 Å². The highest BCUT2D eigenvalue weighted by Gasteiger charge is 2.30. The maximum absolute atomic E-state index is 5.51. The fourth-order valence-corrected chi connectivity index (χ4v) is 1.78. The molecular weight excluding hydrogens is 174 g/mol. The third-order valence-electron chi connectivity index (χ3n) is 2.95. The van der Waals surface area contributed by atoms with Crippen molar-refractivity contribution in [3.8, 4) is 0 Å². The van der Waals surface area contributed by atoms with Gasteiger partial charge in [0, 0.05) is 12.1 Å². The summed E-state index contributed by atoms with van der Waals surface area (Å²) in [4.78, 5) is 2.56. The molecule has 0 aromatic heterocycles. The lowest BCUT2D eigenvalue weighted by molar-refractivity contribution is -0.0541. The van der Waals surface area contributed by atoms with E-state index in [1.54, 1.807) is 0 Å². The molecule has 0 radical (unpaired) electrons. The van der Waals surface area contributed by atoms with E-state index >= 15 is 0 Å². The van der Waals surface area contributed by atoms with Crippen molar-refractivity contribution >= 4 is 0 Å². The first-order chi connectivity index (χ1) is 6.31. The van der Waals surface area contributed by atoms with Gasteiger partial charge in [-0.25, -0.2) is 0 Å². The largest absolute Gasteiger partial charge is 0.378 e. The molecule has 1 heterocycles. The van der Waals surface area contributed by atoms with E-state index in [2.05, 4.69) is 39.5 Å². The minimum atomic E-state index is 0.226. The SMILES string of the molecule is CC(C)(C)CCN1CCOCC1(C)C.